The van der Waals surface area contributed by atoms with E-state index in [0.29, 0.717) is 0 Å². The summed E-state index contributed by atoms with van der Waals surface area (Å²) in [5.74, 6) is -0.244. The zero-order valence-electron chi connectivity index (χ0n) is 14.6. The Labute approximate surface area is 151 Å². The van der Waals surface area contributed by atoms with E-state index in [0.717, 1.165) is 40.8 Å². The maximum atomic E-state index is 13.3. The van der Waals surface area contributed by atoms with Gasteiger partial charge in [-0.05, 0) is 56.7 Å². The highest BCUT2D eigenvalue weighted by molar-refractivity contribution is 7.98. The maximum Gasteiger partial charge on any atom is 0.168 e. The first-order chi connectivity index (χ1) is 12.1. The van der Waals surface area contributed by atoms with E-state index in [1.807, 2.05) is 18.4 Å². The fourth-order valence-electron chi connectivity index (χ4n) is 2.71. The molecule has 0 atom stereocenters. The first-order valence-electron chi connectivity index (χ1n) is 8.05. The summed E-state index contributed by atoms with van der Waals surface area (Å²) >= 11 is 1.62. The van der Waals surface area contributed by atoms with Gasteiger partial charge in [0.1, 0.15) is 5.82 Å². The van der Waals surface area contributed by atoms with E-state index < -0.39 is 0 Å². The number of thioether (sulfide) groups is 1. The van der Waals surface area contributed by atoms with Crippen LogP contribution in [-0.4, -0.2) is 46.3 Å². The van der Waals surface area contributed by atoms with Gasteiger partial charge in [0.05, 0.1) is 11.4 Å². The number of nitrogens with zero attached hydrogens (tertiary/aromatic N) is 4. The molecule has 0 N–H and O–H groups in total. The van der Waals surface area contributed by atoms with Crippen molar-refractivity contribution in [3.05, 3.63) is 54.6 Å². The molecule has 2 aromatic heterocycles. The molecule has 0 unspecified atom stereocenters. The first-order valence-corrected chi connectivity index (χ1v) is 9.28. The van der Waals surface area contributed by atoms with Crippen LogP contribution in [0, 0.1) is 5.82 Å². The molecule has 0 saturated heterocycles. The Morgan fingerprint density at radius 1 is 1.04 bits per heavy atom. The lowest BCUT2D eigenvalue weighted by atomic mass is 10.1. The Morgan fingerprint density at radius 2 is 1.72 bits per heavy atom. The lowest BCUT2D eigenvalue weighted by Gasteiger charge is -2.15. The number of likely N-dealkylation sites (N-methyl/N-ethyl adjacent to an activating group) is 1. The zero-order valence-corrected chi connectivity index (χ0v) is 15.4. The third-order valence-corrected chi connectivity index (χ3v) is 4.63. The molecule has 3 rings (SSSR count). The van der Waals surface area contributed by atoms with Crippen LogP contribution in [0.15, 0.2) is 53.9 Å². The molecular weight excluding hydrogens is 335 g/mol. The van der Waals surface area contributed by atoms with Gasteiger partial charge in [0.15, 0.2) is 5.16 Å². The summed E-state index contributed by atoms with van der Waals surface area (Å²) in [6.07, 6.45) is 5.59. The molecule has 0 radical (unpaired) electrons. The Bertz CT molecular complexity index is 829. The van der Waals surface area contributed by atoms with Gasteiger partial charge >= 0.3 is 0 Å². The molecule has 0 aliphatic carbocycles. The average Bonchev–Trinajstić information content (AvgIpc) is 3.00. The maximum absolute atomic E-state index is 13.3. The molecule has 0 spiro atoms. The Hall–Kier alpha value is -2.18. The molecule has 0 aliphatic rings. The number of hydrogen-bond acceptors (Lipinski definition) is 4. The second-order valence-corrected chi connectivity index (χ2v) is 6.77. The van der Waals surface area contributed by atoms with Crippen molar-refractivity contribution in [3.8, 4) is 22.5 Å². The van der Waals surface area contributed by atoms with Gasteiger partial charge in [-0.3, -0.25) is 4.98 Å². The predicted molar refractivity (Wildman–Crippen MR) is 101 cm³/mol. The van der Waals surface area contributed by atoms with Crippen molar-refractivity contribution in [2.45, 2.75) is 11.7 Å². The normalized spacial score (nSPS) is 11.2. The van der Waals surface area contributed by atoms with Gasteiger partial charge in [-0.1, -0.05) is 11.8 Å². The van der Waals surface area contributed by atoms with Gasteiger partial charge in [-0.15, -0.1) is 0 Å². The van der Waals surface area contributed by atoms with Gasteiger partial charge in [0, 0.05) is 36.6 Å². The molecule has 25 heavy (non-hydrogen) atoms. The third-order valence-electron chi connectivity index (χ3n) is 3.96. The Kier molecular flexibility index (Phi) is 5.50. The minimum absolute atomic E-state index is 0.244. The number of imidazole rings is 1. The van der Waals surface area contributed by atoms with E-state index in [4.69, 9.17) is 4.98 Å². The molecule has 1 aromatic carbocycles. The average molecular weight is 356 g/mol. The molecule has 2 heterocycles. The van der Waals surface area contributed by atoms with E-state index in [9.17, 15) is 4.39 Å². The number of pyridine rings is 1. The first kappa shape index (κ1) is 17.6. The summed E-state index contributed by atoms with van der Waals surface area (Å²) in [5.41, 5.74) is 3.88. The van der Waals surface area contributed by atoms with Crippen LogP contribution in [0.3, 0.4) is 0 Å². The molecule has 6 heteroatoms. The number of benzene rings is 1. The molecule has 0 aliphatic heterocycles. The number of aromatic nitrogens is 3. The van der Waals surface area contributed by atoms with E-state index >= 15 is 0 Å². The van der Waals surface area contributed by atoms with Crippen LogP contribution < -0.4 is 0 Å². The summed E-state index contributed by atoms with van der Waals surface area (Å²) in [6.45, 7) is 1.74. The minimum atomic E-state index is -0.244. The largest absolute Gasteiger partial charge is 0.317 e. The van der Waals surface area contributed by atoms with E-state index in [-0.39, 0.29) is 5.82 Å². The Morgan fingerprint density at radius 3 is 2.32 bits per heavy atom. The molecule has 0 saturated carbocycles. The summed E-state index contributed by atoms with van der Waals surface area (Å²) in [5, 5.41) is 0.952. The summed E-state index contributed by atoms with van der Waals surface area (Å²) < 4.78 is 15.6. The number of rotatable bonds is 6. The lowest BCUT2D eigenvalue weighted by Crippen LogP contribution is -2.19. The highest BCUT2D eigenvalue weighted by Gasteiger charge is 2.19. The van der Waals surface area contributed by atoms with Crippen molar-refractivity contribution >= 4 is 11.8 Å². The van der Waals surface area contributed by atoms with Gasteiger partial charge in [0.25, 0.3) is 0 Å². The van der Waals surface area contributed by atoms with Crippen LogP contribution in [0.2, 0.25) is 0 Å². The SMILES string of the molecule is CSc1nc(-c2ccc(F)cc2)c(-c2ccncc2)n1CCN(C)C. The van der Waals surface area contributed by atoms with Crippen molar-refractivity contribution in [3.63, 3.8) is 0 Å². The zero-order chi connectivity index (χ0) is 17.8. The standard InChI is InChI=1S/C19H21FN4S/c1-23(2)12-13-24-18(15-8-10-21-11-9-15)17(22-19(24)25-3)14-4-6-16(20)7-5-14/h4-11H,12-13H2,1-3H3. The molecule has 3 aromatic rings. The quantitative estimate of drug-likeness (QED) is 0.625. The summed E-state index contributed by atoms with van der Waals surface area (Å²) in [7, 11) is 4.12. The van der Waals surface area contributed by atoms with Crippen LogP contribution in [0.1, 0.15) is 0 Å². The van der Waals surface area contributed by atoms with Crippen LogP contribution in [0.4, 0.5) is 4.39 Å². The lowest BCUT2D eigenvalue weighted by molar-refractivity contribution is 0.378. The van der Waals surface area contributed by atoms with Crippen molar-refractivity contribution < 1.29 is 4.39 Å². The summed E-state index contributed by atoms with van der Waals surface area (Å²) in [6, 6.07) is 10.5. The van der Waals surface area contributed by atoms with E-state index in [1.54, 1.807) is 36.3 Å². The van der Waals surface area contributed by atoms with Gasteiger partial charge in [-0.25, -0.2) is 9.37 Å². The van der Waals surface area contributed by atoms with Crippen LogP contribution >= 0.6 is 11.8 Å². The molecule has 0 amide bonds. The fraction of sp³-hybridized carbons (Fsp3) is 0.263. The fourth-order valence-corrected chi connectivity index (χ4v) is 3.29. The molecule has 4 nitrogen and oxygen atoms in total. The van der Waals surface area contributed by atoms with E-state index in [2.05, 4.69) is 28.5 Å². The van der Waals surface area contributed by atoms with Crippen LogP contribution in [0.5, 0.6) is 0 Å². The highest BCUT2D eigenvalue weighted by Crippen LogP contribution is 2.35. The van der Waals surface area contributed by atoms with Crippen molar-refractivity contribution in [2.24, 2.45) is 0 Å². The van der Waals surface area contributed by atoms with Crippen molar-refractivity contribution in [2.75, 3.05) is 26.9 Å². The monoisotopic (exact) mass is 356 g/mol. The highest BCUT2D eigenvalue weighted by atomic mass is 32.2. The predicted octanol–water partition coefficient (Wildman–Crippen LogP) is 4.03. The second-order valence-electron chi connectivity index (χ2n) is 5.99. The van der Waals surface area contributed by atoms with Crippen LogP contribution in [-0.2, 0) is 6.54 Å². The van der Waals surface area contributed by atoms with E-state index in [1.165, 1.54) is 12.1 Å². The molecule has 130 valence electrons. The van der Waals surface area contributed by atoms with Crippen molar-refractivity contribution in [1.29, 1.82) is 0 Å². The second kappa shape index (κ2) is 7.80. The van der Waals surface area contributed by atoms with Gasteiger partial charge in [0.2, 0.25) is 0 Å². The van der Waals surface area contributed by atoms with Crippen LogP contribution in [0.25, 0.3) is 22.5 Å². The number of hydrogen-bond donors (Lipinski definition) is 0. The Balaban J connectivity index is 2.18. The molecule has 0 fully saturated rings. The van der Waals surface area contributed by atoms with Gasteiger partial charge in [-0.2, -0.15) is 0 Å². The summed E-state index contributed by atoms with van der Waals surface area (Å²) in [4.78, 5) is 11.1. The topological polar surface area (TPSA) is 34.0 Å². The molecular formula is C19H21FN4S. The van der Waals surface area contributed by atoms with Gasteiger partial charge < -0.3 is 9.47 Å². The molecule has 0 bridgehead atoms. The van der Waals surface area contributed by atoms with Crippen molar-refractivity contribution in [1.82, 2.24) is 19.4 Å². The minimum Gasteiger partial charge on any atom is -0.317 e. The smallest absolute Gasteiger partial charge is 0.168 e. The third kappa shape index (κ3) is 3.91. The number of halogens is 1.